The molecule has 1 aromatic heterocycles. The van der Waals surface area contributed by atoms with E-state index in [4.69, 9.17) is 5.84 Å². The van der Waals surface area contributed by atoms with Gasteiger partial charge in [0.1, 0.15) is 5.82 Å². The van der Waals surface area contributed by atoms with Crippen LogP contribution in [0.1, 0.15) is 44.6 Å². The summed E-state index contributed by atoms with van der Waals surface area (Å²) >= 11 is 0. The van der Waals surface area contributed by atoms with Gasteiger partial charge in [0.05, 0.1) is 0 Å². The van der Waals surface area contributed by atoms with Crippen molar-refractivity contribution in [1.82, 2.24) is 9.97 Å². The topological polar surface area (TPSA) is 75.9 Å². The van der Waals surface area contributed by atoms with Crippen LogP contribution in [0.4, 0.5) is 11.8 Å². The summed E-state index contributed by atoms with van der Waals surface area (Å²) in [6.07, 6.45) is 8.55. The van der Waals surface area contributed by atoms with Gasteiger partial charge in [0.2, 0.25) is 5.95 Å². The molecule has 2 rings (SSSR count). The van der Waals surface area contributed by atoms with E-state index in [-0.39, 0.29) is 0 Å². The van der Waals surface area contributed by atoms with Crippen LogP contribution in [0.25, 0.3) is 0 Å². The van der Waals surface area contributed by atoms with Gasteiger partial charge in [0, 0.05) is 18.3 Å². The first-order valence-electron chi connectivity index (χ1n) is 7.23. The Hall–Kier alpha value is -1.36. The van der Waals surface area contributed by atoms with Crippen molar-refractivity contribution < 1.29 is 0 Å². The SMILES string of the molecule is Cc1cnc(NN)nc1NCCC1CCCC(C)C1. The van der Waals surface area contributed by atoms with E-state index in [0.29, 0.717) is 5.95 Å². The number of nitrogens with two attached hydrogens (primary N) is 1. The lowest BCUT2D eigenvalue weighted by Crippen LogP contribution is -2.18. The van der Waals surface area contributed by atoms with Crippen LogP contribution >= 0.6 is 0 Å². The molecule has 1 aliphatic carbocycles. The Morgan fingerprint density at radius 1 is 1.42 bits per heavy atom. The Morgan fingerprint density at radius 2 is 2.26 bits per heavy atom. The summed E-state index contributed by atoms with van der Waals surface area (Å²) in [7, 11) is 0. The molecule has 1 aliphatic rings. The number of aryl methyl sites for hydroxylation is 1. The number of aromatic nitrogens is 2. The molecule has 2 unspecified atom stereocenters. The highest BCUT2D eigenvalue weighted by atomic mass is 15.3. The van der Waals surface area contributed by atoms with Crippen LogP contribution in [0.15, 0.2) is 6.20 Å². The lowest BCUT2D eigenvalue weighted by molar-refractivity contribution is 0.274. The molecule has 0 amide bonds. The van der Waals surface area contributed by atoms with Gasteiger partial charge in [0.25, 0.3) is 0 Å². The van der Waals surface area contributed by atoms with E-state index in [9.17, 15) is 0 Å². The van der Waals surface area contributed by atoms with Gasteiger partial charge < -0.3 is 5.32 Å². The molecule has 1 aromatic rings. The third-order valence-electron chi connectivity index (χ3n) is 3.99. The number of nitrogens with zero attached hydrogens (tertiary/aromatic N) is 2. The molecule has 0 spiro atoms. The maximum atomic E-state index is 5.33. The van der Waals surface area contributed by atoms with E-state index in [0.717, 1.165) is 29.8 Å². The zero-order chi connectivity index (χ0) is 13.7. The molecular weight excluding hydrogens is 238 g/mol. The first-order chi connectivity index (χ1) is 9.19. The molecule has 4 N–H and O–H groups in total. The van der Waals surface area contributed by atoms with Crippen LogP contribution in [0.2, 0.25) is 0 Å². The second-order valence-corrected chi connectivity index (χ2v) is 5.72. The van der Waals surface area contributed by atoms with E-state index in [1.54, 1.807) is 6.20 Å². The van der Waals surface area contributed by atoms with Crippen molar-refractivity contribution >= 4 is 11.8 Å². The maximum Gasteiger partial charge on any atom is 0.239 e. The zero-order valence-corrected chi connectivity index (χ0v) is 11.9. The molecule has 1 saturated carbocycles. The molecule has 0 bridgehead atoms. The second kappa shape index (κ2) is 6.70. The van der Waals surface area contributed by atoms with Crippen molar-refractivity contribution in [2.75, 3.05) is 17.3 Å². The Labute approximate surface area is 115 Å². The Bertz CT molecular complexity index is 407. The average Bonchev–Trinajstić information content (AvgIpc) is 2.41. The van der Waals surface area contributed by atoms with Gasteiger partial charge in [-0.3, -0.25) is 5.43 Å². The van der Waals surface area contributed by atoms with E-state index in [1.807, 2.05) is 6.92 Å². The summed E-state index contributed by atoms with van der Waals surface area (Å²) < 4.78 is 0. The Balaban J connectivity index is 1.81. The van der Waals surface area contributed by atoms with Crippen molar-refractivity contribution in [3.05, 3.63) is 11.8 Å². The average molecular weight is 263 g/mol. The lowest BCUT2D eigenvalue weighted by atomic mass is 9.81. The molecule has 5 heteroatoms. The van der Waals surface area contributed by atoms with Crippen LogP contribution in [-0.4, -0.2) is 16.5 Å². The molecule has 0 saturated heterocycles. The predicted octanol–water partition coefficient (Wildman–Crippen LogP) is 2.70. The lowest BCUT2D eigenvalue weighted by Gasteiger charge is -2.26. The van der Waals surface area contributed by atoms with Crippen LogP contribution in [-0.2, 0) is 0 Å². The van der Waals surface area contributed by atoms with Gasteiger partial charge >= 0.3 is 0 Å². The standard InChI is InChI=1S/C14H25N5/c1-10-4-3-5-12(8-10)6-7-16-13-11(2)9-17-14(18-13)19-15/h9-10,12H,3-8,15H2,1-2H3,(H2,16,17,18,19). The van der Waals surface area contributed by atoms with Gasteiger partial charge in [0.15, 0.2) is 0 Å². The summed E-state index contributed by atoms with van der Waals surface area (Å²) in [6, 6.07) is 0. The minimum atomic E-state index is 0.458. The number of nitrogens with one attached hydrogen (secondary N) is 2. The number of rotatable bonds is 5. The highest BCUT2D eigenvalue weighted by molar-refractivity contribution is 5.45. The van der Waals surface area contributed by atoms with Gasteiger partial charge in [-0.15, -0.1) is 0 Å². The zero-order valence-electron chi connectivity index (χ0n) is 11.9. The summed E-state index contributed by atoms with van der Waals surface area (Å²) in [5.74, 6) is 8.43. The van der Waals surface area contributed by atoms with Crippen LogP contribution in [0.5, 0.6) is 0 Å². The molecule has 0 aliphatic heterocycles. The number of hydrazine groups is 1. The van der Waals surface area contributed by atoms with Crippen molar-refractivity contribution in [3.63, 3.8) is 0 Å². The van der Waals surface area contributed by atoms with E-state index < -0.39 is 0 Å². The van der Waals surface area contributed by atoms with Gasteiger partial charge in [-0.05, 0) is 31.6 Å². The van der Waals surface area contributed by atoms with Crippen molar-refractivity contribution in [1.29, 1.82) is 0 Å². The largest absolute Gasteiger partial charge is 0.370 e. The van der Waals surface area contributed by atoms with Crippen molar-refractivity contribution in [2.24, 2.45) is 17.7 Å². The number of hydrogen-bond acceptors (Lipinski definition) is 5. The van der Waals surface area contributed by atoms with E-state index >= 15 is 0 Å². The number of nitrogen functional groups attached to an aromatic ring is 1. The fourth-order valence-electron chi connectivity index (χ4n) is 2.91. The first-order valence-corrected chi connectivity index (χ1v) is 7.23. The van der Waals surface area contributed by atoms with Crippen molar-refractivity contribution in [2.45, 2.75) is 46.0 Å². The molecular formula is C14H25N5. The predicted molar refractivity (Wildman–Crippen MR) is 78.8 cm³/mol. The molecule has 106 valence electrons. The number of anilines is 2. The highest BCUT2D eigenvalue weighted by Gasteiger charge is 2.18. The maximum absolute atomic E-state index is 5.33. The summed E-state index contributed by atoms with van der Waals surface area (Å²) in [6.45, 7) is 5.35. The monoisotopic (exact) mass is 263 g/mol. The first kappa shape index (κ1) is 14.1. The quantitative estimate of drug-likeness (QED) is 0.562. The van der Waals surface area contributed by atoms with Crippen LogP contribution in [0.3, 0.4) is 0 Å². The fourth-order valence-corrected chi connectivity index (χ4v) is 2.91. The normalized spacial score (nSPS) is 23.1. The van der Waals surface area contributed by atoms with Crippen LogP contribution < -0.4 is 16.6 Å². The Kier molecular flexibility index (Phi) is 4.96. The van der Waals surface area contributed by atoms with E-state index in [2.05, 4.69) is 27.6 Å². The molecule has 19 heavy (non-hydrogen) atoms. The smallest absolute Gasteiger partial charge is 0.239 e. The second-order valence-electron chi connectivity index (χ2n) is 5.72. The summed E-state index contributed by atoms with van der Waals surface area (Å²) in [5.41, 5.74) is 3.53. The molecule has 0 radical (unpaired) electrons. The van der Waals surface area contributed by atoms with E-state index in [1.165, 1.54) is 32.1 Å². The minimum absolute atomic E-state index is 0.458. The Morgan fingerprint density at radius 3 is 3.00 bits per heavy atom. The summed E-state index contributed by atoms with van der Waals surface area (Å²) in [4.78, 5) is 8.41. The molecule has 0 aromatic carbocycles. The fraction of sp³-hybridized carbons (Fsp3) is 0.714. The third-order valence-corrected chi connectivity index (χ3v) is 3.99. The molecule has 1 fully saturated rings. The van der Waals surface area contributed by atoms with Gasteiger partial charge in [-0.2, -0.15) is 4.98 Å². The molecule has 5 nitrogen and oxygen atoms in total. The van der Waals surface area contributed by atoms with Crippen molar-refractivity contribution in [3.8, 4) is 0 Å². The minimum Gasteiger partial charge on any atom is -0.370 e. The highest BCUT2D eigenvalue weighted by Crippen LogP contribution is 2.30. The van der Waals surface area contributed by atoms with Gasteiger partial charge in [-0.1, -0.05) is 26.2 Å². The van der Waals surface area contributed by atoms with Crippen LogP contribution in [0, 0.1) is 18.8 Å². The number of hydrogen-bond donors (Lipinski definition) is 3. The third kappa shape index (κ3) is 4.06. The summed E-state index contributed by atoms with van der Waals surface area (Å²) in [5, 5.41) is 3.40. The van der Waals surface area contributed by atoms with Gasteiger partial charge in [-0.25, -0.2) is 10.8 Å². The molecule has 2 atom stereocenters. The molecule has 1 heterocycles.